The zero-order valence-electron chi connectivity index (χ0n) is 14.0. The van der Waals surface area contributed by atoms with Crippen LogP contribution in [0.25, 0.3) is 10.9 Å². The predicted molar refractivity (Wildman–Crippen MR) is 98.1 cm³/mol. The molecule has 0 amide bonds. The van der Waals surface area contributed by atoms with Crippen LogP contribution >= 0.6 is 11.6 Å². The molecule has 0 saturated carbocycles. The molecule has 0 aliphatic heterocycles. The highest BCUT2D eigenvalue weighted by Gasteiger charge is 2.23. The van der Waals surface area contributed by atoms with E-state index < -0.39 is 0 Å². The first kappa shape index (κ1) is 16.7. The quantitative estimate of drug-likeness (QED) is 0.609. The number of halogens is 1. The zero-order valence-corrected chi connectivity index (χ0v) is 14.8. The van der Waals surface area contributed by atoms with Crippen LogP contribution in [0.4, 0.5) is 0 Å². The van der Waals surface area contributed by atoms with Gasteiger partial charge in [0.2, 0.25) is 0 Å². The summed E-state index contributed by atoms with van der Waals surface area (Å²) in [7, 11) is 1.69. The summed E-state index contributed by atoms with van der Waals surface area (Å²) in [4.78, 5) is 13.1. The van der Waals surface area contributed by atoms with Crippen LogP contribution in [-0.2, 0) is 4.74 Å². The Balaban J connectivity index is 2.19. The number of benzene rings is 2. The summed E-state index contributed by atoms with van der Waals surface area (Å²) in [5.41, 5.74) is 3.40. The van der Waals surface area contributed by atoms with E-state index in [1.54, 1.807) is 31.4 Å². The molecule has 1 unspecified atom stereocenters. The van der Waals surface area contributed by atoms with Gasteiger partial charge in [-0.2, -0.15) is 0 Å². The molecule has 0 aliphatic rings. The number of ketones is 1. The van der Waals surface area contributed by atoms with Crippen molar-refractivity contribution >= 4 is 28.3 Å². The van der Waals surface area contributed by atoms with Crippen LogP contribution in [0.2, 0.25) is 5.02 Å². The maximum Gasteiger partial charge on any atom is 0.195 e. The van der Waals surface area contributed by atoms with Crippen molar-refractivity contribution in [2.24, 2.45) is 0 Å². The van der Waals surface area contributed by atoms with Gasteiger partial charge in [-0.25, -0.2) is 0 Å². The topological polar surface area (TPSA) is 31.2 Å². The van der Waals surface area contributed by atoms with Crippen molar-refractivity contribution in [1.82, 2.24) is 4.57 Å². The Bertz CT molecular complexity index is 881. The van der Waals surface area contributed by atoms with Crippen LogP contribution in [0.5, 0.6) is 0 Å². The fraction of sp³-hybridized carbons (Fsp3) is 0.250. The van der Waals surface area contributed by atoms with Crippen molar-refractivity contribution in [2.45, 2.75) is 19.9 Å². The average molecular weight is 342 g/mol. The first-order valence-electron chi connectivity index (χ1n) is 7.93. The minimum atomic E-state index is 0.0173. The molecular weight excluding hydrogens is 322 g/mol. The molecule has 0 spiro atoms. The van der Waals surface area contributed by atoms with Crippen molar-refractivity contribution in [3.05, 3.63) is 70.4 Å². The average Bonchev–Trinajstić information content (AvgIpc) is 2.87. The summed E-state index contributed by atoms with van der Waals surface area (Å²) in [6, 6.07) is 15.2. The van der Waals surface area contributed by atoms with Gasteiger partial charge in [-0.15, -0.1) is 0 Å². The molecule has 0 fully saturated rings. The maximum absolute atomic E-state index is 13.1. The van der Waals surface area contributed by atoms with Crippen LogP contribution in [0, 0.1) is 6.92 Å². The number of rotatable bonds is 5. The number of nitrogens with zero attached hydrogens (tertiary/aromatic N) is 1. The molecule has 0 N–H and O–H groups in total. The lowest BCUT2D eigenvalue weighted by molar-refractivity contribution is 0.103. The van der Waals surface area contributed by atoms with Gasteiger partial charge in [0.1, 0.15) is 0 Å². The van der Waals surface area contributed by atoms with E-state index in [0.29, 0.717) is 17.2 Å². The lowest BCUT2D eigenvalue weighted by atomic mass is 10.0. The van der Waals surface area contributed by atoms with Gasteiger partial charge < -0.3 is 9.30 Å². The van der Waals surface area contributed by atoms with Crippen LogP contribution < -0.4 is 0 Å². The van der Waals surface area contributed by atoms with Crippen molar-refractivity contribution in [3.63, 3.8) is 0 Å². The Morgan fingerprint density at radius 1 is 1.17 bits per heavy atom. The van der Waals surface area contributed by atoms with Gasteiger partial charge in [-0.1, -0.05) is 29.8 Å². The van der Waals surface area contributed by atoms with Gasteiger partial charge in [0.05, 0.1) is 18.2 Å². The highest BCUT2D eigenvalue weighted by atomic mass is 35.5. The molecule has 124 valence electrons. The molecule has 1 atom stereocenters. The largest absolute Gasteiger partial charge is 0.383 e. The standard InChI is InChI=1S/C20H20ClNO2/c1-13(12-24-3)22-14(2)19(17-6-4-5-7-18(17)22)20(23)15-8-10-16(21)11-9-15/h4-11,13H,12H2,1-3H3. The third kappa shape index (κ3) is 2.85. The summed E-state index contributed by atoms with van der Waals surface area (Å²) in [6.45, 7) is 4.68. The minimum absolute atomic E-state index is 0.0173. The van der Waals surface area contributed by atoms with E-state index in [-0.39, 0.29) is 11.8 Å². The summed E-state index contributed by atoms with van der Waals surface area (Å²) in [5, 5.41) is 1.59. The normalized spacial score (nSPS) is 12.5. The van der Waals surface area contributed by atoms with Gasteiger partial charge in [-0.05, 0) is 44.2 Å². The number of carbonyl (C=O) groups excluding carboxylic acids is 1. The fourth-order valence-corrected chi connectivity index (χ4v) is 3.43. The maximum atomic E-state index is 13.1. The zero-order chi connectivity index (χ0) is 17.3. The molecular formula is C20H20ClNO2. The first-order valence-corrected chi connectivity index (χ1v) is 8.31. The molecule has 24 heavy (non-hydrogen) atoms. The van der Waals surface area contributed by atoms with E-state index in [4.69, 9.17) is 16.3 Å². The Morgan fingerprint density at radius 3 is 2.50 bits per heavy atom. The fourth-order valence-electron chi connectivity index (χ4n) is 3.31. The number of methoxy groups -OCH3 is 1. The Kier molecular flexibility index (Phi) is 4.74. The number of ether oxygens (including phenoxy) is 1. The molecule has 0 radical (unpaired) electrons. The molecule has 0 bridgehead atoms. The number of fused-ring (bicyclic) bond motifs is 1. The van der Waals surface area contributed by atoms with Gasteiger partial charge in [0, 0.05) is 34.3 Å². The monoisotopic (exact) mass is 341 g/mol. The second-order valence-corrected chi connectivity index (χ2v) is 6.42. The molecule has 0 saturated heterocycles. The predicted octanol–water partition coefficient (Wildman–Crippen LogP) is 5.04. The lowest BCUT2D eigenvalue weighted by Crippen LogP contribution is -2.13. The second-order valence-electron chi connectivity index (χ2n) is 5.99. The Morgan fingerprint density at radius 2 is 1.83 bits per heavy atom. The molecule has 3 rings (SSSR count). The van der Waals surface area contributed by atoms with E-state index >= 15 is 0 Å². The molecule has 4 heteroatoms. The molecule has 3 aromatic rings. The molecule has 1 heterocycles. The van der Waals surface area contributed by atoms with Crippen LogP contribution in [-0.4, -0.2) is 24.1 Å². The lowest BCUT2D eigenvalue weighted by Gasteiger charge is -2.16. The molecule has 0 aliphatic carbocycles. The van der Waals surface area contributed by atoms with Crippen LogP contribution in [0.1, 0.15) is 34.6 Å². The van der Waals surface area contributed by atoms with Gasteiger partial charge in [0.15, 0.2) is 5.78 Å². The third-order valence-electron chi connectivity index (χ3n) is 4.34. The van der Waals surface area contributed by atoms with Crippen LogP contribution in [0.3, 0.4) is 0 Å². The number of hydrogen-bond acceptors (Lipinski definition) is 2. The number of para-hydroxylation sites is 1. The van der Waals surface area contributed by atoms with Crippen molar-refractivity contribution < 1.29 is 9.53 Å². The number of hydrogen-bond donors (Lipinski definition) is 0. The number of aromatic nitrogens is 1. The highest BCUT2D eigenvalue weighted by molar-refractivity contribution is 6.30. The van der Waals surface area contributed by atoms with E-state index in [0.717, 1.165) is 22.2 Å². The first-order chi connectivity index (χ1) is 11.5. The van der Waals surface area contributed by atoms with Crippen LogP contribution in [0.15, 0.2) is 48.5 Å². The summed E-state index contributed by atoms with van der Waals surface area (Å²) >= 11 is 5.94. The number of carbonyl (C=O) groups is 1. The van der Waals surface area contributed by atoms with E-state index in [2.05, 4.69) is 11.5 Å². The Labute approximate surface area is 146 Å². The smallest absolute Gasteiger partial charge is 0.195 e. The SMILES string of the molecule is COCC(C)n1c(C)c(C(=O)c2ccc(Cl)cc2)c2ccccc21. The molecule has 3 nitrogen and oxygen atoms in total. The summed E-state index contributed by atoms with van der Waals surface area (Å²) in [6.07, 6.45) is 0. The Hall–Kier alpha value is -2.10. The summed E-state index contributed by atoms with van der Waals surface area (Å²) < 4.78 is 7.49. The summed E-state index contributed by atoms with van der Waals surface area (Å²) in [5.74, 6) is 0.0173. The highest BCUT2D eigenvalue weighted by Crippen LogP contribution is 2.31. The van der Waals surface area contributed by atoms with Crippen molar-refractivity contribution in [3.8, 4) is 0 Å². The van der Waals surface area contributed by atoms with Crippen molar-refractivity contribution in [1.29, 1.82) is 0 Å². The van der Waals surface area contributed by atoms with E-state index in [1.807, 2.05) is 31.2 Å². The van der Waals surface area contributed by atoms with E-state index in [9.17, 15) is 4.79 Å². The van der Waals surface area contributed by atoms with Gasteiger partial charge in [0.25, 0.3) is 0 Å². The van der Waals surface area contributed by atoms with Gasteiger partial charge >= 0.3 is 0 Å². The van der Waals surface area contributed by atoms with E-state index in [1.165, 1.54) is 0 Å². The minimum Gasteiger partial charge on any atom is -0.383 e. The second kappa shape index (κ2) is 6.80. The van der Waals surface area contributed by atoms with Gasteiger partial charge in [-0.3, -0.25) is 4.79 Å². The third-order valence-corrected chi connectivity index (χ3v) is 4.59. The molecule has 1 aromatic heterocycles. The van der Waals surface area contributed by atoms with Crippen molar-refractivity contribution in [2.75, 3.05) is 13.7 Å². The molecule has 2 aromatic carbocycles.